The third kappa shape index (κ3) is 3.88. The van der Waals surface area contributed by atoms with E-state index in [4.69, 9.17) is 10.5 Å². The summed E-state index contributed by atoms with van der Waals surface area (Å²) in [4.78, 5) is 10.3. The Kier molecular flexibility index (Phi) is 6.76. The van der Waals surface area contributed by atoms with Gasteiger partial charge in [0.25, 0.3) is 5.69 Å². The Morgan fingerprint density at radius 3 is 2.17 bits per heavy atom. The van der Waals surface area contributed by atoms with Gasteiger partial charge in [-0.05, 0) is 24.0 Å². The van der Waals surface area contributed by atoms with Gasteiger partial charge in [-0.15, -0.1) is 0 Å². The van der Waals surface area contributed by atoms with Crippen molar-refractivity contribution in [1.82, 2.24) is 0 Å². The first-order valence-electron chi connectivity index (χ1n) is 5.56. The number of nitrogens with zero attached hydrogens (tertiary/aromatic N) is 3. The molecule has 0 heterocycles. The minimum Gasteiger partial charge on any atom is -0.258 e. The lowest BCUT2D eigenvalue weighted by molar-refractivity contribution is -0.385. The van der Waals surface area contributed by atoms with Gasteiger partial charge in [0.2, 0.25) is 0 Å². The summed E-state index contributed by atoms with van der Waals surface area (Å²) < 4.78 is 0. The number of nitro groups is 1. The number of nitro benzene ring substituents is 1. The van der Waals surface area contributed by atoms with Gasteiger partial charge in [0, 0.05) is 13.0 Å². The summed E-state index contributed by atoms with van der Waals surface area (Å²) in [6.45, 7) is 5.25. The van der Waals surface area contributed by atoms with Crippen LogP contribution in [0.4, 0.5) is 5.69 Å². The van der Waals surface area contributed by atoms with Gasteiger partial charge in [0.1, 0.15) is 11.6 Å². The van der Waals surface area contributed by atoms with Crippen molar-refractivity contribution in [3.8, 4) is 12.1 Å². The van der Waals surface area contributed by atoms with Gasteiger partial charge >= 0.3 is 0 Å². The Balaban J connectivity index is 0.000000873. The summed E-state index contributed by atoms with van der Waals surface area (Å²) in [5.41, 5.74) is 1.77. The zero-order chi connectivity index (χ0) is 14.1. The van der Waals surface area contributed by atoms with E-state index in [1.54, 1.807) is 6.07 Å². The molecule has 0 fully saturated rings. The molecule has 0 saturated heterocycles. The molecular formula is C13H15N3O2. The normalized spacial score (nSPS) is 8.50. The largest absolute Gasteiger partial charge is 0.287 e. The van der Waals surface area contributed by atoms with Crippen LogP contribution < -0.4 is 0 Å². The number of nitriles is 2. The average molecular weight is 245 g/mol. The van der Waals surface area contributed by atoms with Gasteiger partial charge in [0.05, 0.1) is 11.0 Å². The summed E-state index contributed by atoms with van der Waals surface area (Å²) in [5, 5.41) is 27.0. The van der Waals surface area contributed by atoms with Crippen molar-refractivity contribution in [2.45, 2.75) is 33.6 Å². The third-order valence-electron chi connectivity index (χ3n) is 2.36. The van der Waals surface area contributed by atoms with Gasteiger partial charge in [-0.25, -0.2) is 0 Å². The molecule has 5 heteroatoms. The monoisotopic (exact) mass is 245 g/mol. The fourth-order valence-electron chi connectivity index (χ4n) is 1.51. The topological polar surface area (TPSA) is 90.7 Å². The Labute approximate surface area is 106 Å². The predicted molar refractivity (Wildman–Crippen MR) is 67.9 cm³/mol. The lowest BCUT2D eigenvalue weighted by Crippen LogP contribution is -1.99. The van der Waals surface area contributed by atoms with Crippen LogP contribution in [0.1, 0.15) is 37.5 Å². The van der Waals surface area contributed by atoms with E-state index < -0.39 is 4.92 Å². The summed E-state index contributed by atoms with van der Waals surface area (Å²) in [7, 11) is 0. The smallest absolute Gasteiger partial charge is 0.258 e. The minimum atomic E-state index is -0.489. The van der Waals surface area contributed by atoms with Crippen LogP contribution >= 0.6 is 0 Å². The molecule has 0 aliphatic carbocycles. The first-order chi connectivity index (χ1) is 8.55. The minimum absolute atomic E-state index is 0.0753. The zero-order valence-corrected chi connectivity index (χ0v) is 10.7. The van der Waals surface area contributed by atoms with Gasteiger partial charge in [-0.3, -0.25) is 10.1 Å². The van der Waals surface area contributed by atoms with Crippen molar-refractivity contribution in [2.75, 3.05) is 0 Å². The van der Waals surface area contributed by atoms with Crippen LogP contribution in [0.25, 0.3) is 0 Å². The standard InChI is InChI=1S/C11H12N2O2.C2H3N/c1-3-8-5-9(4-2)10(7-12)11(6-8)13(14)15;1-2-3/h5-6H,3-4H2,1-2H3;1H3. The highest BCUT2D eigenvalue weighted by Gasteiger charge is 2.17. The molecule has 0 aromatic heterocycles. The molecular weight excluding hydrogens is 230 g/mol. The van der Waals surface area contributed by atoms with E-state index in [0.29, 0.717) is 6.42 Å². The maximum atomic E-state index is 10.8. The predicted octanol–water partition coefficient (Wildman–Crippen LogP) is 3.12. The van der Waals surface area contributed by atoms with Gasteiger partial charge < -0.3 is 0 Å². The number of benzene rings is 1. The van der Waals surface area contributed by atoms with Crippen molar-refractivity contribution < 1.29 is 4.92 Å². The maximum Gasteiger partial charge on any atom is 0.287 e. The van der Waals surface area contributed by atoms with Crippen LogP contribution in [0.15, 0.2) is 12.1 Å². The van der Waals surface area contributed by atoms with Crippen molar-refractivity contribution >= 4 is 5.69 Å². The third-order valence-corrected chi connectivity index (χ3v) is 2.36. The molecule has 94 valence electrons. The molecule has 1 rings (SSSR count). The van der Waals surface area contributed by atoms with E-state index in [2.05, 4.69) is 0 Å². The van der Waals surface area contributed by atoms with E-state index in [1.807, 2.05) is 26.0 Å². The summed E-state index contributed by atoms with van der Waals surface area (Å²) in [6.07, 6.45) is 1.37. The second-order valence-corrected chi connectivity index (χ2v) is 3.45. The summed E-state index contributed by atoms with van der Waals surface area (Å²) in [6, 6.07) is 7.01. The summed E-state index contributed by atoms with van der Waals surface area (Å²) in [5.74, 6) is 0. The Bertz CT molecular complexity index is 510. The van der Waals surface area contributed by atoms with Crippen LogP contribution in [0.2, 0.25) is 0 Å². The molecule has 0 spiro atoms. The maximum absolute atomic E-state index is 10.8. The van der Waals surface area contributed by atoms with E-state index in [9.17, 15) is 10.1 Å². The van der Waals surface area contributed by atoms with Gasteiger partial charge in [-0.2, -0.15) is 10.5 Å². The molecule has 1 aromatic carbocycles. The van der Waals surface area contributed by atoms with Crippen molar-refractivity contribution in [2.24, 2.45) is 0 Å². The molecule has 5 nitrogen and oxygen atoms in total. The highest BCUT2D eigenvalue weighted by molar-refractivity contribution is 5.55. The van der Waals surface area contributed by atoms with Gasteiger partial charge in [0.15, 0.2) is 0 Å². The van der Waals surface area contributed by atoms with Gasteiger partial charge in [-0.1, -0.05) is 19.9 Å². The zero-order valence-electron chi connectivity index (χ0n) is 10.7. The quantitative estimate of drug-likeness (QED) is 0.604. The molecule has 0 aliphatic heterocycles. The van der Waals surface area contributed by atoms with Crippen LogP contribution in [0, 0.1) is 32.8 Å². The van der Waals surface area contributed by atoms with Crippen LogP contribution in [-0.2, 0) is 12.8 Å². The summed E-state index contributed by atoms with van der Waals surface area (Å²) >= 11 is 0. The Morgan fingerprint density at radius 1 is 1.28 bits per heavy atom. The lowest BCUT2D eigenvalue weighted by Gasteiger charge is -2.04. The first kappa shape index (κ1) is 15.6. The van der Waals surface area contributed by atoms with Crippen molar-refractivity contribution in [3.63, 3.8) is 0 Å². The van der Waals surface area contributed by atoms with Crippen molar-refractivity contribution in [3.05, 3.63) is 38.9 Å². The van der Waals surface area contributed by atoms with Crippen molar-refractivity contribution in [1.29, 1.82) is 10.5 Å². The van der Waals surface area contributed by atoms with Crippen LogP contribution in [0.5, 0.6) is 0 Å². The van der Waals surface area contributed by atoms with E-state index in [0.717, 1.165) is 17.5 Å². The lowest BCUT2D eigenvalue weighted by atomic mass is 9.99. The molecule has 0 saturated carbocycles. The molecule has 0 radical (unpaired) electrons. The number of rotatable bonds is 3. The fraction of sp³-hybridized carbons (Fsp3) is 0.385. The number of aryl methyl sites for hydroxylation is 2. The number of hydrogen-bond acceptors (Lipinski definition) is 4. The number of hydrogen-bond donors (Lipinski definition) is 0. The molecule has 0 amide bonds. The Hall–Kier alpha value is -2.40. The molecule has 0 atom stereocenters. The van der Waals surface area contributed by atoms with E-state index in [1.165, 1.54) is 13.0 Å². The SMILES string of the molecule is CC#N.CCc1cc(CC)c(C#N)c([N+](=O)[O-])c1. The fourth-order valence-corrected chi connectivity index (χ4v) is 1.51. The molecule has 0 N–H and O–H groups in total. The Morgan fingerprint density at radius 2 is 1.83 bits per heavy atom. The molecule has 0 unspecified atom stereocenters. The molecule has 18 heavy (non-hydrogen) atoms. The highest BCUT2D eigenvalue weighted by Crippen LogP contribution is 2.24. The average Bonchev–Trinajstić information content (AvgIpc) is 2.37. The highest BCUT2D eigenvalue weighted by atomic mass is 16.6. The molecule has 0 bridgehead atoms. The van der Waals surface area contributed by atoms with E-state index >= 15 is 0 Å². The van der Waals surface area contributed by atoms with E-state index in [-0.39, 0.29) is 11.3 Å². The van der Waals surface area contributed by atoms with Crippen LogP contribution in [-0.4, -0.2) is 4.92 Å². The van der Waals surface area contributed by atoms with Crippen LogP contribution in [0.3, 0.4) is 0 Å². The molecule has 1 aromatic rings. The second-order valence-electron chi connectivity index (χ2n) is 3.45. The second kappa shape index (κ2) is 7.81. The first-order valence-corrected chi connectivity index (χ1v) is 5.56. The molecule has 0 aliphatic rings.